The number of aromatic nitrogens is 1. The molecule has 1 heterocycles. The number of rotatable bonds is 5. The molecule has 0 amide bonds. The van der Waals surface area contributed by atoms with Crippen molar-refractivity contribution in [3.05, 3.63) is 22.9 Å². The molecule has 18 heavy (non-hydrogen) atoms. The first kappa shape index (κ1) is 12.8. The minimum atomic E-state index is 0.232. The SMILES string of the molecule is CC(C)OCCNc1nc2c(cc1C#N)CCC2. The summed E-state index contributed by atoms with van der Waals surface area (Å²) in [5.74, 6) is 0.700. The average Bonchev–Trinajstić information content (AvgIpc) is 2.80. The molecule has 0 atom stereocenters. The number of nitrogens with one attached hydrogen (secondary N) is 1. The van der Waals surface area contributed by atoms with Crippen LogP contribution in [0.15, 0.2) is 6.07 Å². The van der Waals surface area contributed by atoms with Crippen molar-refractivity contribution in [1.82, 2.24) is 4.98 Å². The van der Waals surface area contributed by atoms with E-state index < -0.39 is 0 Å². The highest BCUT2D eigenvalue weighted by Gasteiger charge is 2.16. The van der Waals surface area contributed by atoms with Crippen LogP contribution in [0.1, 0.15) is 37.1 Å². The second-order valence-corrected chi connectivity index (χ2v) is 4.80. The van der Waals surface area contributed by atoms with Gasteiger partial charge in [-0.1, -0.05) is 0 Å². The summed E-state index contributed by atoms with van der Waals surface area (Å²) in [7, 11) is 0. The van der Waals surface area contributed by atoms with Crippen LogP contribution in [0.3, 0.4) is 0 Å². The molecule has 0 unspecified atom stereocenters. The lowest BCUT2D eigenvalue weighted by Crippen LogP contribution is -2.15. The summed E-state index contributed by atoms with van der Waals surface area (Å²) in [4.78, 5) is 4.55. The molecule has 0 fully saturated rings. The number of hydrogen-bond acceptors (Lipinski definition) is 4. The van der Waals surface area contributed by atoms with Crippen LogP contribution < -0.4 is 5.32 Å². The van der Waals surface area contributed by atoms with Crippen LogP contribution in [0.5, 0.6) is 0 Å². The van der Waals surface area contributed by atoms with Crippen LogP contribution in [-0.4, -0.2) is 24.2 Å². The number of ether oxygens (including phenoxy) is 1. The van der Waals surface area contributed by atoms with Crippen LogP contribution in [-0.2, 0) is 17.6 Å². The minimum absolute atomic E-state index is 0.232. The van der Waals surface area contributed by atoms with E-state index in [0.717, 1.165) is 25.0 Å². The van der Waals surface area contributed by atoms with E-state index in [9.17, 15) is 0 Å². The van der Waals surface area contributed by atoms with Crippen molar-refractivity contribution in [2.45, 2.75) is 39.2 Å². The fourth-order valence-electron chi connectivity index (χ4n) is 2.16. The van der Waals surface area contributed by atoms with Gasteiger partial charge in [0.1, 0.15) is 11.9 Å². The Labute approximate surface area is 108 Å². The molecule has 1 aliphatic carbocycles. The van der Waals surface area contributed by atoms with Gasteiger partial charge in [0.15, 0.2) is 0 Å². The van der Waals surface area contributed by atoms with Crippen LogP contribution in [0.2, 0.25) is 0 Å². The zero-order valence-corrected chi connectivity index (χ0v) is 11.0. The van der Waals surface area contributed by atoms with E-state index >= 15 is 0 Å². The Hall–Kier alpha value is -1.60. The van der Waals surface area contributed by atoms with Gasteiger partial charge in [-0.2, -0.15) is 5.26 Å². The number of anilines is 1. The molecule has 0 radical (unpaired) electrons. The maximum Gasteiger partial charge on any atom is 0.144 e. The Morgan fingerprint density at radius 3 is 3.06 bits per heavy atom. The van der Waals surface area contributed by atoms with E-state index in [2.05, 4.69) is 16.4 Å². The Bertz CT molecular complexity index is 463. The molecule has 1 aromatic heterocycles. The predicted molar refractivity (Wildman–Crippen MR) is 70.6 cm³/mol. The summed E-state index contributed by atoms with van der Waals surface area (Å²) in [6.07, 6.45) is 3.45. The van der Waals surface area contributed by atoms with Crippen molar-refractivity contribution in [3.63, 3.8) is 0 Å². The second kappa shape index (κ2) is 5.83. The first-order valence-electron chi connectivity index (χ1n) is 6.49. The van der Waals surface area contributed by atoms with Gasteiger partial charge >= 0.3 is 0 Å². The molecule has 1 aliphatic rings. The molecule has 4 heteroatoms. The van der Waals surface area contributed by atoms with Crippen LogP contribution in [0, 0.1) is 11.3 Å². The number of aryl methyl sites for hydroxylation is 2. The largest absolute Gasteiger partial charge is 0.377 e. The number of hydrogen-bond donors (Lipinski definition) is 1. The summed E-state index contributed by atoms with van der Waals surface area (Å²) in [5, 5.41) is 12.3. The third kappa shape index (κ3) is 2.99. The minimum Gasteiger partial charge on any atom is -0.377 e. The predicted octanol–water partition coefficient (Wildman–Crippen LogP) is 2.28. The van der Waals surface area contributed by atoms with Gasteiger partial charge in [0.05, 0.1) is 18.3 Å². The highest BCUT2D eigenvalue weighted by molar-refractivity contribution is 5.55. The van der Waals surface area contributed by atoms with Crippen molar-refractivity contribution < 1.29 is 4.74 Å². The summed E-state index contributed by atoms with van der Waals surface area (Å²) in [5.41, 5.74) is 3.01. The highest BCUT2D eigenvalue weighted by atomic mass is 16.5. The van der Waals surface area contributed by atoms with Crippen molar-refractivity contribution >= 4 is 5.82 Å². The first-order chi connectivity index (χ1) is 8.70. The number of nitriles is 1. The zero-order valence-electron chi connectivity index (χ0n) is 11.0. The fourth-order valence-corrected chi connectivity index (χ4v) is 2.16. The Morgan fingerprint density at radius 1 is 1.50 bits per heavy atom. The van der Waals surface area contributed by atoms with Gasteiger partial charge in [-0.05, 0) is 44.7 Å². The number of fused-ring (bicyclic) bond motifs is 1. The maximum absolute atomic E-state index is 9.13. The molecule has 4 nitrogen and oxygen atoms in total. The van der Waals surface area contributed by atoms with E-state index in [4.69, 9.17) is 10.00 Å². The van der Waals surface area contributed by atoms with Gasteiger partial charge < -0.3 is 10.1 Å². The summed E-state index contributed by atoms with van der Waals surface area (Å²) in [6.45, 7) is 5.32. The Morgan fingerprint density at radius 2 is 2.33 bits per heavy atom. The van der Waals surface area contributed by atoms with Crippen molar-refractivity contribution in [2.24, 2.45) is 0 Å². The lowest BCUT2D eigenvalue weighted by Gasteiger charge is -2.11. The fraction of sp³-hybridized carbons (Fsp3) is 0.571. The molecular formula is C14H19N3O. The standard InChI is InChI=1S/C14H19N3O/c1-10(2)18-7-6-16-14-12(9-15)8-11-4-3-5-13(11)17-14/h8,10H,3-7H2,1-2H3,(H,16,17). The van der Waals surface area contributed by atoms with E-state index in [1.165, 1.54) is 5.56 Å². The molecule has 2 rings (SSSR count). The zero-order chi connectivity index (χ0) is 13.0. The van der Waals surface area contributed by atoms with Crippen LogP contribution in [0.4, 0.5) is 5.82 Å². The molecule has 0 saturated heterocycles. The Kier molecular flexibility index (Phi) is 4.16. The molecule has 1 N–H and O–H groups in total. The summed E-state index contributed by atoms with van der Waals surface area (Å²) in [6, 6.07) is 4.18. The van der Waals surface area contributed by atoms with Gasteiger partial charge in [-0.15, -0.1) is 0 Å². The maximum atomic E-state index is 9.13. The van der Waals surface area contributed by atoms with Crippen molar-refractivity contribution in [3.8, 4) is 6.07 Å². The monoisotopic (exact) mass is 245 g/mol. The molecule has 0 saturated carbocycles. The quantitative estimate of drug-likeness (QED) is 0.808. The molecule has 0 aliphatic heterocycles. The molecule has 1 aromatic rings. The highest BCUT2D eigenvalue weighted by Crippen LogP contribution is 2.24. The van der Waals surface area contributed by atoms with Gasteiger partial charge in [0.25, 0.3) is 0 Å². The topological polar surface area (TPSA) is 57.9 Å². The lowest BCUT2D eigenvalue weighted by molar-refractivity contribution is 0.0870. The number of nitrogens with zero attached hydrogens (tertiary/aromatic N) is 2. The van der Waals surface area contributed by atoms with E-state index in [-0.39, 0.29) is 6.10 Å². The smallest absolute Gasteiger partial charge is 0.144 e. The molecule has 96 valence electrons. The van der Waals surface area contributed by atoms with Gasteiger partial charge in [-0.3, -0.25) is 0 Å². The number of pyridine rings is 1. The van der Waals surface area contributed by atoms with Gasteiger partial charge in [0.2, 0.25) is 0 Å². The van der Waals surface area contributed by atoms with E-state index in [0.29, 0.717) is 24.5 Å². The van der Waals surface area contributed by atoms with Gasteiger partial charge in [0, 0.05) is 12.2 Å². The molecule has 0 aromatic carbocycles. The van der Waals surface area contributed by atoms with Gasteiger partial charge in [-0.25, -0.2) is 4.98 Å². The van der Waals surface area contributed by atoms with Crippen molar-refractivity contribution in [2.75, 3.05) is 18.5 Å². The first-order valence-corrected chi connectivity index (χ1v) is 6.49. The normalized spacial score (nSPS) is 13.4. The Balaban J connectivity index is 2.01. The van der Waals surface area contributed by atoms with Crippen LogP contribution in [0.25, 0.3) is 0 Å². The van der Waals surface area contributed by atoms with E-state index in [1.807, 2.05) is 19.9 Å². The molecular weight excluding hydrogens is 226 g/mol. The summed E-state index contributed by atoms with van der Waals surface area (Å²) < 4.78 is 5.46. The van der Waals surface area contributed by atoms with Crippen LogP contribution >= 0.6 is 0 Å². The second-order valence-electron chi connectivity index (χ2n) is 4.80. The van der Waals surface area contributed by atoms with E-state index in [1.54, 1.807) is 0 Å². The molecule has 0 bridgehead atoms. The summed E-state index contributed by atoms with van der Waals surface area (Å²) >= 11 is 0. The third-order valence-electron chi connectivity index (χ3n) is 3.02. The molecule has 0 spiro atoms. The third-order valence-corrected chi connectivity index (χ3v) is 3.02. The lowest BCUT2D eigenvalue weighted by atomic mass is 10.1. The average molecular weight is 245 g/mol. The van der Waals surface area contributed by atoms with Crippen molar-refractivity contribution in [1.29, 1.82) is 5.26 Å².